The molecular weight excluding hydrogens is 314 g/mol. The van der Waals surface area contributed by atoms with Gasteiger partial charge in [0.05, 0.1) is 4.90 Å². The third-order valence-corrected chi connectivity index (χ3v) is 5.23. The second-order valence-corrected chi connectivity index (χ2v) is 7.25. The van der Waals surface area contributed by atoms with Crippen molar-refractivity contribution < 1.29 is 13.2 Å². The Kier molecular flexibility index (Phi) is 4.91. The average Bonchev–Trinajstić information content (AvgIpc) is 2.72. The number of amides is 1. The molecule has 0 saturated carbocycles. The highest BCUT2D eigenvalue weighted by atomic mass is 32.2. The molecular formula is C16H21N3O3S. The van der Waals surface area contributed by atoms with E-state index in [4.69, 9.17) is 0 Å². The first-order valence-corrected chi connectivity index (χ1v) is 8.68. The van der Waals surface area contributed by atoms with E-state index in [1.165, 1.54) is 19.1 Å². The molecule has 6 nitrogen and oxygen atoms in total. The fraction of sp³-hybridized carbons (Fsp3) is 0.312. The molecule has 1 aromatic carbocycles. The molecule has 0 bridgehead atoms. The third-order valence-electron chi connectivity index (χ3n) is 3.82. The number of aromatic nitrogens is 1. The van der Waals surface area contributed by atoms with Crippen LogP contribution in [0.3, 0.4) is 0 Å². The van der Waals surface area contributed by atoms with Crippen LogP contribution in [0.25, 0.3) is 0 Å². The predicted molar refractivity (Wildman–Crippen MR) is 89.7 cm³/mol. The quantitative estimate of drug-likeness (QED) is 0.878. The molecule has 2 N–H and O–H groups in total. The zero-order valence-electron chi connectivity index (χ0n) is 13.7. The van der Waals surface area contributed by atoms with E-state index in [9.17, 15) is 13.2 Å². The maximum absolute atomic E-state index is 12.3. The first kappa shape index (κ1) is 17.2. The molecule has 2 rings (SSSR count). The van der Waals surface area contributed by atoms with Crippen LogP contribution in [0.2, 0.25) is 0 Å². The Hall–Kier alpha value is -2.12. The fourth-order valence-corrected chi connectivity index (χ4v) is 3.30. The molecule has 124 valence electrons. The first-order valence-electron chi connectivity index (χ1n) is 7.20. The lowest BCUT2D eigenvalue weighted by Gasteiger charge is -2.08. The van der Waals surface area contributed by atoms with Crippen molar-refractivity contribution in [3.8, 4) is 0 Å². The van der Waals surface area contributed by atoms with E-state index in [1.54, 1.807) is 12.1 Å². The molecule has 23 heavy (non-hydrogen) atoms. The molecule has 0 spiro atoms. The molecule has 1 aromatic heterocycles. The molecule has 0 aliphatic rings. The fourth-order valence-electron chi connectivity index (χ4n) is 2.29. The minimum absolute atomic E-state index is 0.164. The van der Waals surface area contributed by atoms with Gasteiger partial charge in [0.2, 0.25) is 15.9 Å². The van der Waals surface area contributed by atoms with Crippen molar-refractivity contribution in [3.63, 3.8) is 0 Å². The zero-order chi connectivity index (χ0) is 17.2. The highest BCUT2D eigenvalue weighted by Gasteiger charge is 2.15. The van der Waals surface area contributed by atoms with Gasteiger partial charge in [0.1, 0.15) is 0 Å². The van der Waals surface area contributed by atoms with E-state index in [0.29, 0.717) is 5.69 Å². The lowest BCUT2D eigenvalue weighted by Crippen LogP contribution is -2.23. The number of sulfonamides is 1. The van der Waals surface area contributed by atoms with Crippen molar-refractivity contribution in [2.45, 2.75) is 32.2 Å². The number of carbonyl (C=O) groups excluding carboxylic acids is 1. The molecule has 0 saturated heterocycles. The molecule has 0 atom stereocenters. The number of rotatable bonds is 5. The number of anilines is 1. The van der Waals surface area contributed by atoms with E-state index in [0.717, 1.165) is 17.0 Å². The number of aryl methyl sites for hydroxylation is 1. The SMILES string of the molecule is CC(=O)Nc1ccc(S(=O)(=O)NCc2cc(C)n(C)c2C)cc1. The van der Waals surface area contributed by atoms with Crippen LogP contribution in [0, 0.1) is 13.8 Å². The summed E-state index contributed by atoms with van der Waals surface area (Å²) in [6.45, 7) is 5.57. The largest absolute Gasteiger partial charge is 0.352 e. The Morgan fingerprint density at radius 2 is 1.78 bits per heavy atom. The van der Waals surface area contributed by atoms with Gasteiger partial charge < -0.3 is 9.88 Å². The summed E-state index contributed by atoms with van der Waals surface area (Å²) in [5.41, 5.74) is 3.62. The van der Waals surface area contributed by atoms with Gasteiger partial charge in [-0.25, -0.2) is 13.1 Å². The van der Waals surface area contributed by atoms with E-state index in [1.807, 2.05) is 31.5 Å². The van der Waals surface area contributed by atoms with E-state index in [-0.39, 0.29) is 17.3 Å². The standard InChI is InChI=1S/C16H21N3O3S/c1-11-9-14(12(2)19(11)4)10-17-23(21,22)16-7-5-15(6-8-16)18-13(3)20/h5-9,17H,10H2,1-4H3,(H,18,20). The summed E-state index contributed by atoms with van der Waals surface area (Å²) in [5.74, 6) is -0.200. The van der Waals surface area contributed by atoms with Crippen molar-refractivity contribution in [2.24, 2.45) is 7.05 Å². The van der Waals surface area contributed by atoms with Gasteiger partial charge in [0.15, 0.2) is 0 Å². The van der Waals surface area contributed by atoms with Crippen LogP contribution in [0.15, 0.2) is 35.2 Å². The van der Waals surface area contributed by atoms with Gasteiger partial charge in [-0.15, -0.1) is 0 Å². The Bertz CT molecular complexity index is 821. The number of benzene rings is 1. The van der Waals surface area contributed by atoms with E-state index >= 15 is 0 Å². The second kappa shape index (κ2) is 6.55. The molecule has 0 aliphatic carbocycles. The van der Waals surface area contributed by atoms with Gasteiger partial charge in [-0.1, -0.05) is 0 Å². The molecule has 7 heteroatoms. The Labute approximate surface area is 136 Å². The highest BCUT2D eigenvalue weighted by molar-refractivity contribution is 7.89. The number of hydrogen-bond donors (Lipinski definition) is 2. The van der Waals surface area contributed by atoms with Crippen LogP contribution in [0.4, 0.5) is 5.69 Å². The number of nitrogens with one attached hydrogen (secondary N) is 2. The topological polar surface area (TPSA) is 80.2 Å². The van der Waals surface area contributed by atoms with Gasteiger partial charge >= 0.3 is 0 Å². The first-order chi connectivity index (χ1) is 10.7. The maximum atomic E-state index is 12.3. The van der Waals surface area contributed by atoms with Gasteiger partial charge in [0, 0.05) is 37.6 Å². The van der Waals surface area contributed by atoms with E-state index in [2.05, 4.69) is 10.0 Å². The summed E-state index contributed by atoms with van der Waals surface area (Å²) in [6.07, 6.45) is 0. The number of carbonyl (C=O) groups is 1. The van der Waals surface area contributed by atoms with Crippen LogP contribution in [0.5, 0.6) is 0 Å². The van der Waals surface area contributed by atoms with Crippen LogP contribution < -0.4 is 10.0 Å². The Morgan fingerprint density at radius 3 is 2.26 bits per heavy atom. The molecule has 0 aliphatic heterocycles. The van der Waals surface area contributed by atoms with Crippen LogP contribution >= 0.6 is 0 Å². The van der Waals surface area contributed by atoms with Crippen molar-refractivity contribution in [1.82, 2.24) is 9.29 Å². The summed E-state index contributed by atoms with van der Waals surface area (Å²) in [7, 11) is -1.65. The van der Waals surface area contributed by atoms with Crippen molar-refractivity contribution in [1.29, 1.82) is 0 Å². The maximum Gasteiger partial charge on any atom is 0.240 e. The van der Waals surface area contributed by atoms with Crippen LogP contribution in [-0.4, -0.2) is 18.9 Å². The van der Waals surface area contributed by atoms with Gasteiger partial charge in [-0.2, -0.15) is 0 Å². The van der Waals surface area contributed by atoms with Crippen LogP contribution in [-0.2, 0) is 28.4 Å². The van der Waals surface area contributed by atoms with Gasteiger partial charge in [-0.05, 0) is 49.7 Å². The lowest BCUT2D eigenvalue weighted by molar-refractivity contribution is -0.114. The van der Waals surface area contributed by atoms with Crippen molar-refractivity contribution in [2.75, 3.05) is 5.32 Å². The smallest absolute Gasteiger partial charge is 0.240 e. The minimum atomic E-state index is -3.60. The lowest BCUT2D eigenvalue weighted by atomic mass is 10.2. The average molecular weight is 335 g/mol. The Morgan fingerprint density at radius 1 is 1.17 bits per heavy atom. The summed E-state index contributed by atoms with van der Waals surface area (Å²) in [4.78, 5) is 11.1. The predicted octanol–water partition coefficient (Wildman–Crippen LogP) is 2.08. The Balaban J connectivity index is 2.12. The highest BCUT2D eigenvalue weighted by Crippen LogP contribution is 2.16. The van der Waals surface area contributed by atoms with Gasteiger partial charge in [-0.3, -0.25) is 4.79 Å². The summed E-state index contributed by atoms with van der Waals surface area (Å²) in [6, 6.07) is 8.03. The minimum Gasteiger partial charge on any atom is -0.352 e. The zero-order valence-corrected chi connectivity index (χ0v) is 14.5. The third kappa shape index (κ3) is 4.00. The number of nitrogens with zero attached hydrogens (tertiary/aromatic N) is 1. The summed E-state index contributed by atoms with van der Waals surface area (Å²) in [5, 5.41) is 2.60. The molecule has 1 amide bonds. The molecule has 0 radical (unpaired) electrons. The molecule has 0 fully saturated rings. The number of hydrogen-bond acceptors (Lipinski definition) is 3. The normalized spacial score (nSPS) is 11.5. The van der Waals surface area contributed by atoms with Crippen molar-refractivity contribution >= 4 is 21.6 Å². The monoisotopic (exact) mass is 335 g/mol. The van der Waals surface area contributed by atoms with Crippen LogP contribution in [0.1, 0.15) is 23.9 Å². The summed E-state index contributed by atoms with van der Waals surface area (Å²) < 4.78 is 29.3. The van der Waals surface area contributed by atoms with Gasteiger partial charge in [0.25, 0.3) is 0 Å². The summed E-state index contributed by atoms with van der Waals surface area (Å²) >= 11 is 0. The molecule has 2 aromatic rings. The second-order valence-electron chi connectivity index (χ2n) is 5.49. The van der Waals surface area contributed by atoms with E-state index < -0.39 is 10.0 Å². The molecule has 0 unspecified atom stereocenters. The molecule has 1 heterocycles. The van der Waals surface area contributed by atoms with Crippen molar-refractivity contribution in [3.05, 3.63) is 47.3 Å².